The van der Waals surface area contributed by atoms with Crippen LogP contribution in [0.15, 0.2) is 23.1 Å². The van der Waals surface area contributed by atoms with E-state index in [-0.39, 0.29) is 11.9 Å². The first-order chi connectivity index (χ1) is 8.58. The Bertz CT molecular complexity index is 368. The van der Waals surface area contributed by atoms with Crippen LogP contribution in [-0.4, -0.2) is 11.8 Å². The third-order valence-corrected chi connectivity index (χ3v) is 4.75. The van der Waals surface area contributed by atoms with Crippen LogP contribution in [0.25, 0.3) is 0 Å². The van der Waals surface area contributed by atoms with Crippen molar-refractivity contribution in [2.75, 3.05) is 5.75 Å². The molecule has 0 saturated heterocycles. The highest BCUT2D eigenvalue weighted by Gasteiger charge is 2.12. The van der Waals surface area contributed by atoms with E-state index in [9.17, 15) is 4.39 Å². The van der Waals surface area contributed by atoms with Gasteiger partial charge in [0.05, 0.1) is 0 Å². The highest BCUT2D eigenvalue weighted by Crippen LogP contribution is 2.29. The van der Waals surface area contributed by atoms with Crippen LogP contribution in [0, 0.1) is 11.7 Å². The maximum absolute atomic E-state index is 13.9. The van der Waals surface area contributed by atoms with Crippen LogP contribution in [-0.2, 0) is 6.42 Å². The van der Waals surface area contributed by atoms with E-state index in [0.29, 0.717) is 5.92 Å². The molecule has 3 heteroatoms. The van der Waals surface area contributed by atoms with Gasteiger partial charge >= 0.3 is 0 Å². The van der Waals surface area contributed by atoms with Gasteiger partial charge in [-0.1, -0.05) is 39.3 Å². The number of hydrogen-bond donors (Lipinski definition) is 1. The zero-order valence-electron chi connectivity index (χ0n) is 11.6. The fourth-order valence-corrected chi connectivity index (χ4v) is 2.88. The van der Waals surface area contributed by atoms with Crippen molar-refractivity contribution >= 4 is 11.8 Å². The van der Waals surface area contributed by atoms with E-state index in [1.165, 1.54) is 0 Å². The van der Waals surface area contributed by atoms with Crippen LogP contribution in [0.2, 0.25) is 0 Å². The minimum Gasteiger partial charge on any atom is -0.327 e. The summed E-state index contributed by atoms with van der Waals surface area (Å²) in [6, 6.07) is 5.44. The molecule has 0 aliphatic heterocycles. The molecule has 1 aromatic rings. The summed E-state index contributed by atoms with van der Waals surface area (Å²) in [7, 11) is 0. The smallest absolute Gasteiger partial charge is 0.137 e. The van der Waals surface area contributed by atoms with Crippen molar-refractivity contribution in [3.63, 3.8) is 0 Å². The Balaban J connectivity index is 2.80. The summed E-state index contributed by atoms with van der Waals surface area (Å²) in [5.41, 5.74) is 7.03. The van der Waals surface area contributed by atoms with E-state index in [0.717, 1.165) is 35.5 Å². The van der Waals surface area contributed by atoms with Crippen molar-refractivity contribution in [2.24, 2.45) is 11.7 Å². The van der Waals surface area contributed by atoms with Crippen molar-refractivity contribution in [2.45, 2.75) is 51.0 Å². The predicted molar refractivity (Wildman–Crippen MR) is 78.5 cm³/mol. The van der Waals surface area contributed by atoms with Gasteiger partial charge in [0, 0.05) is 16.7 Å². The lowest BCUT2D eigenvalue weighted by molar-refractivity contribution is 0.583. The average molecular weight is 269 g/mol. The topological polar surface area (TPSA) is 26.0 Å². The second-order valence-electron chi connectivity index (χ2n) is 4.92. The molecule has 1 aromatic carbocycles. The number of rotatable bonds is 7. The Morgan fingerprint density at radius 1 is 1.28 bits per heavy atom. The third-order valence-electron chi connectivity index (χ3n) is 3.26. The summed E-state index contributed by atoms with van der Waals surface area (Å²) >= 11 is 1.63. The molecule has 0 spiro atoms. The van der Waals surface area contributed by atoms with Crippen molar-refractivity contribution in [3.05, 3.63) is 29.6 Å². The summed E-state index contributed by atoms with van der Waals surface area (Å²) in [6.07, 6.45) is 2.81. The lowest BCUT2D eigenvalue weighted by Gasteiger charge is -2.15. The molecule has 0 aromatic heterocycles. The second kappa shape index (κ2) is 7.80. The first kappa shape index (κ1) is 15.5. The van der Waals surface area contributed by atoms with Crippen LogP contribution >= 0.6 is 11.8 Å². The zero-order valence-corrected chi connectivity index (χ0v) is 12.4. The van der Waals surface area contributed by atoms with Gasteiger partial charge in [0.2, 0.25) is 0 Å². The molecule has 0 saturated carbocycles. The zero-order chi connectivity index (χ0) is 13.5. The maximum Gasteiger partial charge on any atom is 0.137 e. The lowest BCUT2D eigenvalue weighted by Crippen LogP contribution is -2.21. The Morgan fingerprint density at radius 2 is 2.00 bits per heavy atom. The predicted octanol–water partition coefficient (Wildman–Crippen LogP) is 4.24. The first-order valence-electron chi connectivity index (χ1n) is 6.74. The Hall–Kier alpha value is -0.540. The molecule has 0 aliphatic carbocycles. The van der Waals surface area contributed by atoms with E-state index < -0.39 is 0 Å². The molecule has 102 valence electrons. The van der Waals surface area contributed by atoms with Gasteiger partial charge in [-0.2, -0.15) is 0 Å². The minimum absolute atomic E-state index is 0.107. The Labute approximate surface area is 114 Å². The van der Waals surface area contributed by atoms with Crippen molar-refractivity contribution < 1.29 is 4.39 Å². The van der Waals surface area contributed by atoms with E-state index in [4.69, 9.17) is 5.73 Å². The van der Waals surface area contributed by atoms with Gasteiger partial charge < -0.3 is 5.73 Å². The molecule has 2 N–H and O–H groups in total. The average Bonchev–Trinajstić information content (AvgIpc) is 2.37. The molecular formula is C15H24FNS. The SMILES string of the molecule is CCC(C)CSc1c(F)cccc1CC(N)CC. The van der Waals surface area contributed by atoms with E-state index in [1.807, 2.05) is 6.07 Å². The number of hydrogen-bond acceptors (Lipinski definition) is 2. The Kier molecular flexibility index (Phi) is 6.72. The standard InChI is InChI=1S/C15H24FNS/c1-4-11(3)10-18-15-12(9-13(17)5-2)7-6-8-14(15)16/h6-8,11,13H,4-5,9-10,17H2,1-3H3. The van der Waals surface area contributed by atoms with Crippen LogP contribution in [0.5, 0.6) is 0 Å². The maximum atomic E-state index is 13.9. The van der Waals surface area contributed by atoms with E-state index >= 15 is 0 Å². The van der Waals surface area contributed by atoms with Crippen LogP contribution < -0.4 is 5.73 Å². The normalized spacial score (nSPS) is 14.5. The van der Waals surface area contributed by atoms with Gasteiger partial charge in [-0.05, 0) is 30.4 Å². The van der Waals surface area contributed by atoms with Gasteiger partial charge in [0.15, 0.2) is 0 Å². The van der Waals surface area contributed by atoms with Crippen molar-refractivity contribution in [1.82, 2.24) is 0 Å². The van der Waals surface area contributed by atoms with Gasteiger partial charge in [-0.15, -0.1) is 11.8 Å². The molecule has 2 unspecified atom stereocenters. The third kappa shape index (κ3) is 4.62. The van der Waals surface area contributed by atoms with E-state index in [2.05, 4.69) is 20.8 Å². The first-order valence-corrected chi connectivity index (χ1v) is 7.72. The van der Waals surface area contributed by atoms with Crippen LogP contribution in [0.3, 0.4) is 0 Å². The highest BCUT2D eigenvalue weighted by molar-refractivity contribution is 7.99. The fraction of sp³-hybridized carbons (Fsp3) is 0.600. The molecule has 1 nitrogen and oxygen atoms in total. The van der Waals surface area contributed by atoms with Crippen molar-refractivity contribution in [3.8, 4) is 0 Å². The minimum atomic E-state index is -0.107. The summed E-state index contributed by atoms with van der Waals surface area (Å²) in [4.78, 5) is 0.793. The molecular weight excluding hydrogens is 245 g/mol. The summed E-state index contributed by atoms with van der Waals surface area (Å²) in [5, 5.41) is 0. The molecule has 0 radical (unpaired) electrons. The van der Waals surface area contributed by atoms with Gasteiger partial charge in [-0.25, -0.2) is 4.39 Å². The van der Waals surface area contributed by atoms with Crippen LogP contribution in [0.4, 0.5) is 4.39 Å². The Morgan fingerprint density at radius 3 is 2.61 bits per heavy atom. The molecule has 1 rings (SSSR count). The molecule has 0 amide bonds. The highest BCUT2D eigenvalue weighted by atomic mass is 32.2. The fourth-order valence-electron chi connectivity index (χ4n) is 1.65. The molecule has 2 atom stereocenters. The molecule has 18 heavy (non-hydrogen) atoms. The second-order valence-corrected chi connectivity index (χ2v) is 5.96. The monoisotopic (exact) mass is 269 g/mol. The quantitative estimate of drug-likeness (QED) is 0.749. The number of nitrogens with two attached hydrogens (primary N) is 1. The summed E-state index contributed by atoms with van der Waals surface area (Å²) in [6.45, 7) is 6.43. The molecule has 0 heterocycles. The number of halogens is 1. The van der Waals surface area contributed by atoms with Gasteiger partial charge in [0.25, 0.3) is 0 Å². The van der Waals surface area contributed by atoms with Crippen LogP contribution in [0.1, 0.15) is 39.2 Å². The van der Waals surface area contributed by atoms with Crippen molar-refractivity contribution in [1.29, 1.82) is 0 Å². The summed E-state index contributed by atoms with van der Waals surface area (Å²) < 4.78 is 13.9. The molecule has 0 fully saturated rings. The number of thioether (sulfide) groups is 1. The lowest BCUT2D eigenvalue weighted by atomic mass is 10.0. The molecule has 0 bridgehead atoms. The molecule has 0 aliphatic rings. The van der Waals surface area contributed by atoms with Gasteiger partial charge in [-0.3, -0.25) is 0 Å². The summed E-state index contributed by atoms with van der Waals surface area (Å²) in [5.74, 6) is 1.47. The van der Waals surface area contributed by atoms with E-state index in [1.54, 1.807) is 23.9 Å². The largest absolute Gasteiger partial charge is 0.327 e. The van der Waals surface area contributed by atoms with Gasteiger partial charge in [0.1, 0.15) is 5.82 Å². The number of benzene rings is 1.